The molecule has 0 amide bonds. The molecule has 1 aromatic carbocycles. The topological polar surface area (TPSA) is 3.24 Å². The molecule has 0 aromatic heterocycles. The van der Waals surface area contributed by atoms with Crippen molar-refractivity contribution in [3.8, 4) is 0 Å². The first-order chi connectivity index (χ1) is 8.85. The van der Waals surface area contributed by atoms with Crippen molar-refractivity contribution in [2.24, 2.45) is 0 Å². The van der Waals surface area contributed by atoms with E-state index in [1.807, 2.05) is 0 Å². The van der Waals surface area contributed by atoms with Crippen molar-refractivity contribution < 1.29 is 0 Å². The molecule has 0 heterocycles. The summed E-state index contributed by atoms with van der Waals surface area (Å²) in [6.45, 7) is 6.87. The van der Waals surface area contributed by atoms with Crippen LogP contribution in [0.2, 0.25) is 0 Å². The van der Waals surface area contributed by atoms with Gasteiger partial charge in [0.25, 0.3) is 0 Å². The zero-order valence-electron chi connectivity index (χ0n) is 11.7. The van der Waals surface area contributed by atoms with Crippen molar-refractivity contribution in [3.05, 3.63) is 41.5 Å². The van der Waals surface area contributed by atoms with Crippen LogP contribution in [0.1, 0.15) is 45.1 Å². The molecular formula is C17H25N. The first-order valence-electron chi connectivity index (χ1n) is 7.34. The molecule has 1 heteroatoms. The molecule has 1 atom stereocenters. The number of hydrogen-bond acceptors (Lipinski definition) is 1. The lowest BCUT2D eigenvalue weighted by atomic mass is 9.87. The summed E-state index contributed by atoms with van der Waals surface area (Å²) in [5.74, 6) is 0. The van der Waals surface area contributed by atoms with Crippen LogP contribution in [0.25, 0.3) is 6.08 Å². The normalized spacial score (nSPS) is 22.6. The van der Waals surface area contributed by atoms with Crippen molar-refractivity contribution >= 4 is 6.08 Å². The summed E-state index contributed by atoms with van der Waals surface area (Å²) < 4.78 is 0. The zero-order chi connectivity index (χ0) is 12.8. The molecule has 0 spiro atoms. The number of nitrogens with zero attached hydrogens (tertiary/aromatic N) is 1. The average molecular weight is 243 g/mol. The number of likely N-dealkylation sites (N-methyl/N-ethyl adjacent to an activating group) is 1. The lowest BCUT2D eigenvalue weighted by Crippen LogP contribution is -2.38. The van der Waals surface area contributed by atoms with Gasteiger partial charge in [-0.1, -0.05) is 62.2 Å². The Hall–Kier alpha value is -1.08. The SMILES string of the molecule is CCN(CC)C1CCCCC1=Cc1ccccc1. The second-order valence-electron chi connectivity index (χ2n) is 5.11. The molecule has 0 saturated heterocycles. The molecule has 1 fully saturated rings. The van der Waals surface area contributed by atoms with Gasteiger partial charge in [-0.15, -0.1) is 0 Å². The minimum atomic E-state index is 0.675. The van der Waals surface area contributed by atoms with E-state index in [0.29, 0.717) is 6.04 Å². The summed E-state index contributed by atoms with van der Waals surface area (Å²) >= 11 is 0. The molecule has 1 nitrogen and oxygen atoms in total. The van der Waals surface area contributed by atoms with E-state index in [9.17, 15) is 0 Å². The third-order valence-electron chi connectivity index (χ3n) is 4.03. The Morgan fingerprint density at radius 1 is 1.11 bits per heavy atom. The monoisotopic (exact) mass is 243 g/mol. The van der Waals surface area contributed by atoms with Gasteiger partial charge in [-0.25, -0.2) is 0 Å². The van der Waals surface area contributed by atoms with Gasteiger partial charge in [0.15, 0.2) is 0 Å². The summed E-state index contributed by atoms with van der Waals surface area (Å²) in [5, 5.41) is 0. The average Bonchev–Trinajstić information content (AvgIpc) is 2.43. The Balaban J connectivity index is 2.20. The molecular weight excluding hydrogens is 218 g/mol. The van der Waals surface area contributed by atoms with Crippen molar-refractivity contribution in [2.75, 3.05) is 13.1 Å². The van der Waals surface area contributed by atoms with Crippen molar-refractivity contribution in [1.82, 2.24) is 4.90 Å². The summed E-state index contributed by atoms with van der Waals surface area (Å²) in [6.07, 6.45) is 7.77. The molecule has 18 heavy (non-hydrogen) atoms. The van der Waals surface area contributed by atoms with Crippen LogP contribution in [0.3, 0.4) is 0 Å². The molecule has 1 aliphatic carbocycles. The zero-order valence-corrected chi connectivity index (χ0v) is 11.7. The molecule has 2 rings (SSSR count). The number of rotatable bonds is 4. The van der Waals surface area contributed by atoms with Crippen LogP contribution in [-0.4, -0.2) is 24.0 Å². The molecule has 0 bridgehead atoms. The molecule has 0 radical (unpaired) electrons. The minimum absolute atomic E-state index is 0.675. The third kappa shape index (κ3) is 3.23. The van der Waals surface area contributed by atoms with Gasteiger partial charge in [-0.3, -0.25) is 4.90 Å². The van der Waals surface area contributed by atoms with Crippen LogP contribution in [0.5, 0.6) is 0 Å². The van der Waals surface area contributed by atoms with Crippen molar-refractivity contribution in [3.63, 3.8) is 0 Å². The predicted molar refractivity (Wildman–Crippen MR) is 79.6 cm³/mol. The first-order valence-corrected chi connectivity index (χ1v) is 7.34. The fraction of sp³-hybridized carbons (Fsp3) is 0.529. The molecule has 1 unspecified atom stereocenters. The quantitative estimate of drug-likeness (QED) is 0.759. The van der Waals surface area contributed by atoms with E-state index in [1.54, 1.807) is 5.57 Å². The molecule has 98 valence electrons. The molecule has 0 N–H and O–H groups in total. The van der Waals surface area contributed by atoms with E-state index in [4.69, 9.17) is 0 Å². The second kappa shape index (κ2) is 6.75. The molecule has 0 aliphatic heterocycles. The van der Waals surface area contributed by atoms with E-state index in [1.165, 1.54) is 31.2 Å². The maximum atomic E-state index is 2.61. The largest absolute Gasteiger partial charge is 0.297 e. The third-order valence-corrected chi connectivity index (χ3v) is 4.03. The Labute approximate surface area is 112 Å². The van der Waals surface area contributed by atoms with Crippen LogP contribution < -0.4 is 0 Å². The number of hydrogen-bond donors (Lipinski definition) is 0. The summed E-state index contributed by atoms with van der Waals surface area (Å²) in [6, 6.07) is 11.4. The van der Waals surface area contributed by atoms with E-state index in [0.717, 1.165) is 13.1 Å². The van der Waals surface area contributed by atoms with Gasteiger partial charge < -0.3 is 0 Å². The van der Waals surface area contributed by atoms with Crippen LogP contribution in [0.4, 0.5) is 0 Å². The predicted octanol–water partition coefficient (Wildman–Crippen LogP) is 4.35. The van der Waals surface area contributed by atoms with Crippen LogP contribution in [-0.2, 0) is 0 Å². The van der Waals surface area contributed by atoms with Gasteiger partial charge >= 0.3 is 0 Å². The lowest BCUT2D eigenvalue weighted by Gasteiger charge is -2.35. The lowest BCUT2D eigenvalue weighted by molar-refractivity contribution is 0.215. The van der Waals surface area contributed by atoms with E-state index < -0.39 is 0 Å². The summed E-state index contributed by atoms with van der Waals surface area (Å²) in [4.78, 5) is 2.61. The molecule has 1 aliphatic rings. The van der Waals surface area contributed by atoms with Crippen LogP contribution in [0, 0.1) is 0 Å². The Morgan fingerprint density at radius 3 is 2.50 bits per heavy atom. The van der Waals surface area contributed by atoms with Gasteiger partial charge in [-0.05, 0) is 37.9 Å². The van der Waals surface area contributed by atoms with Gasteiger partial charge in [-0.2, -0.15) is 0 Å². The van der Waals surface area contributed by atoms with Gasteiger partial charge in [0.05, 0.1) is 0 Å². The van der Waals surface area contributed by atoms with Crippen LogP contribution >= 0.6 is 0 Å². The first kappa shape index (κ1) is 13.4. The molecule has 1 saturated carbocycles. The second-order valence-corrected chi connectivity index (χ2v) is 5.11. The fourth-order valence-electron chi connectivity index (χ4n) is 3.03. The Bertz CT molecular complexity index is 376. The highest BCUT2D eigenvalue weighted by Crippen LogP contribution is 2.29. The van der Waals surface area contributed by atoms with E-state index >= 15 is 0 Å². The van der Waals surface area contributed by atoms with Crippen molar-refractivity contribution in [1.29, 1.82) is 0 Å². The maximum absolute atomic E-state index is 2.61. The van der Waals surface area contributed by atoms with E-state index in [2.05, 4.69) is 55.2 Å². The smallest absolute Gasteiger partial charge is 0.0310 e. The van der Waals surface area contributed by atoms with Gasteiger partial charge in [0.2, 0.25) is 0 Å². The van der Waals surface area contributed by atoms with Gasteiger partial charge in [0.1, 0.15) is 0 Å². The van der Waals surface area contributed by atoms with Crippen LogP contribution in [0.15, 0.2) is 35.9 Å². The van der Waals surface area contributed by atoms with Crippen molar-refractivity contribution in [2.45, 2.75) is 45.6 Å². The summed E-state index contributed by atoms with van der Waals surface area (Å²) in [7, 11) is 0. The maximum Gasteiger partial charge on any atom is 0.0310 e. The highest BCUT2D eigenvalue weighted by Gasteiger charge is 2.22. The highest BCUT2D eigenvalue weighted by atomic mass is 15.1. The number of benzene rings is 1. The Kier molecular flexibility index (Phi) is 5.00. The Morgan fingerprint density at radius 2 is 1.83 bits per heavy atom. The standard InChI is InChI=1S/C17H25N/c1-3-18(4-2)17-13-9-8-12-16(17)14-15-10-6-5-7-11-15/h5-7,10-11,14,17H,3-4,8-9,12-13H2,1-2H3. The van der Waals surface area contributed by atoms with Gasteiger partial charge in [0, 0.05) is 6.04 Å². The van der Waals surface area contributed by atoms with E-state index in [-0.39, 0.29) is 0 Å². The minimum Gasteiger partial charge on any atom is -0.297 e. The highest BCUT2D eigenvalue weighted by molar-refractivity contribution is 5.54. The molecule has 1 aromatic rings. The fourth-order valence-corrected chi connectivity index (χ4v) is 3.03. The summed E-state index contributed by atoms with van der Waals surface area (Å²) in [5.41, 5.74) is 2.99.